The van der Waals surface area contributed by atoms with E-state index < -0.39 is 11.9 Å². The van der Waals surface area contributed by atoms with Crippen LogP contribution in [0.4, 0.5) is 19.0 Å². The normalized spacial score (nSPS) is 21.1. The highest BCUT2D eigenvalue weighted by atomic mass is 19.4. The highest BCUT2D eigenvalue weighted by Crippen LogP contribution is 2.38. The minimum absolute atomic E-state index is 0.0464. The zero-order valence-electron chi connectivity index (χ0n) is 15.2. The first-order valence-corrected chi connectivity index (χ1v) is 9.28. The van der Waals surface area contributed by atoms with Gasteiger partial charge in [0.2, 0.25) is 0 Å². The number of hydrogen-bond acceptors (Lipinski definition) is 5. The minimum atomic E-state index is -4.51. The van der Waals surface area contributed by atoms with Gasteiger partial charge in [-0.1, -0.05) is 0 Å². The Morgan fingerprint density at radius 1 is 1.10 bits per heavy atom. The Labute approximate surface area is 163 Å². The van der Waals surface area contributed by atoms with E-state index in [4.69, 9.17) is 0 Å². The molecule has 0 saturated carbocycles. The van der Waals surface area contributed by atoms with Crippen LogP contribution in [0.1, 0.15) is 23.7 Å². The monoisotopic (exact) mass is 402 g/mol. The summed E-state index contributed by atoms with van der Waals surface area (Å²) < 4.78 is 40.8. The average Bonchev–Trinajstić information content (AvgIpc) is 3.23. The first kappa shape index (κ1) is 17.9. The number of halogens is 3. The fourth-order valence-corrected chi connectivity index (χ4v) is 4.40. The van der Waals surface area contributed by atoms with Crippen LogP contribution in [0, 0.1) is 5.92 Å². The van der Waals surface area contributed by atoms with Gasteiger partial charge in [-0.2, -0.15) is 13.2 Å². The third-order valence-electron chi connectivity index (χ3n) is 5.62. The van der Waals surface area contributed by atoms with E-state index in [0.717, 1.165) is 24.5 Å². The van der Waals surface area contributed by atoms with Crippen LogP contribution in [0.15, 0.2) is 41.7 Å². The van der Waals surface area contributed by atoms with Crippen molar-refractivity contribution in [3.8, 4) is 11.4 Å². The summed E-state index contributed by atoms with van der Waals surface area (Å²) in [6.07, 6.45) is 0.611. The molecule has 0 aromatic carbocycles. The summed E-state index contributed by atoms with van der Waals surface area (Å²) in [5.41, 5.74) is 0.373. The number of H-pyrrole nitrogens is 1. The number of rotatable bonds is 2. The van der Waals surface area contributed by atoms with Gasteiger partial charge in [-0.05, 0) is 24.5 Å². The van der Waals surface area contributed by atoms with Crippen LogP contribution in [-0.4, -0.2) is 37.6 Å². The van der Waals surface area contributed by atoms with Crippen LogP contribution < -0.4 is 10.5 Å². The summed E-state index contributed by atoms with van der Waals surface area (Å²) in [6, 6.07) is 4.68. The zero-order valence-corrected chi connectivity index (χ0v) is 15.2. The lowest BCUT2D eigenvalue weighted by atomic mass is 9.83. The number of pyridine rings is 1. The number of imidazole rings is 1. The lowest BCUT2D eigenvalue weighted by molar-refractivity contribution is -0.141. The van der Waals surface area contributed by atoms with Crippen LogP contribution in [0.5, 0.6) is 0 Å². The summed E-state index contributed by atoms with van der Waals surface area (Å²) in [5.74, 6) is 0.994. The minimum Gasteiger partial charge on any atom is -0.355 e. The number of nitrogens with one attached hydrogen (secondary N) is 1. The maximum Gasteiger partial charge on any atom is 0.433 e. The number of nitrogens with zero attached hydrogens (tertiary/aromatic N) is 5. The Balaban J connectivity index is 1.48. The fraction of sp³-hybridized carbons (Fsp3) is 0.368. The molecule has 2 bridgehead atoms. The van der Waals surface area contributed by atoms with Gasteiger partial charge < -0.3 is 14.5 Å². The molecule has 0 spiro atoms. The van der Waals surface area contributed by atoms with Crippen molar-refractivity contribution in [1.29, 1.82) is 0 Å². The molecule has 3 aromatic heterocycles. The van der Waals surface area contributed by atoms with Crippen LogP contribution in [0.3, 0.4) is 0 Å². The van der Waals surface area contributed by atoms with Gasteiger partial charge in [0.15, 0.2) is 0 Å². The molecular formula is C19H17F3N6O. The molecule has 1 fully saturated rings. The molecule has 1 N–H and O–H groups in total. The van der Waals surface area contributed by atoms with Crippen molar-refractivity contribution in [2.45, 2.75) is 25.1 Å². The summed E-state index contributed by atoms with van der Waals surface area (Å²) >= 11 is 0. The van der Waals surface area contributed by atoms with Crippen molar-refractivity contribution in [2.75, 3.05) is 18.0 Å². The molecule has 2 atom stereocenters. The molecule has 0 unspecified atom stereocenters. The fourth-order valence-electron chi connectivity index (χ4n) is 4.40. The number of aromatic amines is 1. The van der Waals surface area contributed by atoms with E-state index in [-0.39, 0.29) is 23.2 Å². The maximum absolute atomic E-state index is 13.0. The van der Waals surface area contributed by atoms with Gasteiger partial charge >= 0.3 is 6.18 Å². The number of alkyl halides is 3. The third-order valence-corrected chi connectivity index (χ3v) is 5.62. The summed E-state index contributed by atoms with van der Waals surface area (Å²) in [4.78, 5) is 29.4. The SMILES string of the molecule is O=c1c(-c2ncc[nH]2)ccc2n1C[C@H]1C[C@@H]2CN(c2cc(C(F)(F)F)ncn2)C1. The van der Waals surface area contributed by atoms with Crippen molar-refractivity contribution in [3.63, 3.8) is 0 Å². The molecule has 2 aliphatic rings. The predicted molar refractivity (Wildman–Crippen MR) is 98.4 cm³/mol. The number of piperidine rings is 1. The Hall–Kier alpha value is -3.17. The molecule has 10 heteroatoms. The van der Waals surface area contributed by atoms with E-state index in [0.29, 0.717) is 31.0 Å². The zero-order chi connectivity index (χ0) is 20.2. The lowest BCUT2D eigenvalue weighted by Gasteiger charge is -2.43. The van der Waals surface area contributed by atoms with Crippen molar-refractivity contribution in [2.24, 2.45) is 5.92 Å². The molecule has 0 radical (unpaired) electrons. The second kappa shape index (κ2) is 6.43. The van der Waals surface area contributed by atoms with E-state index in [2.05, 4.69) is 19.9 Å². The van der Waals surface area contributed by atoms with Gasteiger partial charge in [0, 0.05) is 49.7 Å². The average molecular weight is 402 g/mol. The molecule has 5 rings (SSSR count). The first-order chi connectivity index (χ1) is 13.9. The molecule has 150 valence electrons. The predicted octanol–water partition coefficient (Wildman–Crippen LogP) is 2.67. The maximum atomic E-state index is 13.0. The lowest BCUT2D eigenvalue weighted by Crippen LogP contribution is -2.47. The van der Waals surface area contributed by atoms with Gasteiger partial charge in [0.1, 0.15) is 23.7 Å². The van der Waals surface area contributed by atoms with Crippen LogP contribution >= 0.6 is 0 Å². The Kier molecular flexibility index (Phi) is 3.97. The van der Waals surface area contributed by atoms with E-state index in [1.807, 2.05) is 11.0 Å². The van der Waals surface area contributed by atoms with Crippen molar-refractivity contribution in [1.82, 2.24) is 24.5 Å². The van der Waals surface area contributed by atoms with Gasteiger partial charge in [0.05, 0.1) is 5.56 Å². The van der Waals surface area contributed by atoms with E-state index in [1.165, 1.54) is 0 Å². The second-order valence-electron chi connectivity index (χ2n) is 7.49. The van der Waals surface area contributed by atoms with Crippen molar-refractivity contribution < 1.29 is 13.2 Å². The van der Waals surface area contributed by atoms with Gasteiger partial charge in [-0.15, -0.1) is 0 Å². The Bertz CT molecular complexity index is 1110. The van der Waals surface area contributed by atoms with E-state index in [9.17, 15) is 18.0 Å². The highest BCUT2D eigenvalue weighted by molar-refractivity contribution is 5.54. The number of anilines is 1. The molecule has 3 aromatic rings. The smallest absolute Gasteiger partial charge is 0.355 e. The number of hydrogen-bond donors (Lipinski definition) is 1. The van der Waals surface area contributed by atoms with E-state index >= 15 is 0 Å². The van der Waals surface area contributed by atoms with Gasteiger partial charge in [0.25, 0.3) is 5.56 Å². The van der Waals surface area contributed by atoms with Gasteiger partial charge in [-0.25, -0.2) is 15.0 Å². The number of fused-ring (bicyclic) bond motifs is 4. The quantitative estimate of drug-likeness (QED) is 0.713. The molecule has 0 amide bonds. The molecule has 1 saturated heterocycles. The Morgan fingerprint density at radius 2 is 1.97 bits per heavy atom. The standard InChI is InChI=1S/C19H17F3N6O/c20-19(21,22)15-6-16(26-10-25-15)27-7-11-5-12(9-27)14-2-1-13(17-23-3-4-24-17)18(29)28(14)8-11/h1-4,6,10-12H,5,7-9H2,(H,23,24)/t11-,12+/m0/s1. The van der Waals surface area contributed by atoms with Crippen molar-refractivity contribution in [3.05, 3.63) is 58.7 Å². The summed E-state index contributed by atoms with van der Waals surface area (Å²) in [5, 5.41) is 0. The van der Waals surface area contributed by atoms with Crippen LogP contribution in [0.25, 0.3) is 11.4 Å². The Morgan fingerprint density at radius 3 is 2.72 bits per heavy atom. The molecule has 29 heavy (non-hydrogen) atoms. The van der Waals surface area contributed by atoms with Crippen LogP contribution in [0.2, 0.25) is 0 Å². The summed E-state index contributed by atoms with van der Waals surface area (Å²) in [6.45, 7) is 1.57. The molecule has 0 aliphatic carbocycles. The molecule has 5 heterocycles. The van der Waals surface area contributed by atoms with Gasteiger partial charge in [-0.3, -0.25) is 4.79 Å². The molecule has 7 nitrogen and oxygen atoms in total. The summed E-state index contributed by atoms with van der Waals surface area (Å²) in [7, 11) is 0. The third kappa shape index (κ3) is 3.08. The van der Waals surface area contributed by atoms with E-state index in [1.54, 1.807) is 23.0 Å². The van der Waals surface area contributed by atoms with Crippen molar-refractivity contribution >= 4 is 5.82 Å². The molecular weight excluding hydrogens is 385 g/mol. The highest BCUT2D eigenvalue weighted by Gasteiger charge is 2.37. The largest absolute Gasteiger partial charge is 0.433 e. The van der Waals surface area contributed by atoms with Crippen LogP contribution in [-0.2, 0) is 12.7 Å². The second-order valence-corrected chi connectivity index (χ2v) is 7.49. The number of aromatic nitrogens is 5. The molecule has 2 aliphatic heterocycles. The first-order valence-electron chi connectivity index (χ1n) is 9.28. The topological polar surface area (TPSA) is 79.7 Å².